The van der Waals surface area contributed by atoms with Crippen LogP contribution in [0.4, 0.5) is 0 Å². The number of hydrogen-bond donors (Lipinski definition) is 2. The number of rotatable bonds is 1. The molecule has 1 aliphatic carbocycles. The number of nitrogens with two attached hydrogens (primary N) is 1. The summed E-state index contributed by atoms with van der Waals surface area (Å²) in [4.78, 5) is 0. The summed E-state index contributed by atoms with van der Waals surface area (Å²) in [6.45, 7) is 0. The second kappa shape index (κ2) is 3.08. The normalized spacial score (nSPS) is 33.6. The van der Waals surface area contributed by atoms with E-state index < -0.39 is 15.4 Å². The molecular weight excluding hydrogens is 166 g/mol. The molecule has 0 amide bonds. The molecule has 11 heavy (non-hydrogen) atoms. The Morgan fingerprint density at radius 1 is 1.27 bits per heavy atom. The van der Waals surface area contributed by atoms with Gasteiger partial charge in [0.2, 0.25) is 0 Å². The van der Waals surface area contributed by atoms with E-state index >= 15 is 0 Å². The van der Waals surface area contributed by atoms with Gasteiger partial charge in [-0.25, -0.2) is 0 Å². The molecule has 1 aliphatic rings. The lowest BCUT2D eigenvalue weighted by atomic mass is 9.96. The Morgan fingerprint density at radius 2 is 1.82 bits per heavy atom. The van der Waals surface area contributed by atoms with Crippen molar-refractivity contribution in [3.8, 4) is 0 Å². The van der Waals surface area contributed by atoms with Crippen LogP contribution in [0.2, 0.25) is 0 Å². The molecule has 66 valence electrons. The van der Waals surface area contributed by atoms with Gasteiger partial charge in [-0.05, 0) is 12.8 Å². The van der Waals surface area contributed by atoms with E-state index in [4.69, 9.17) is 10.3 Å². The summed E-state index contributed by atoms with van der Waals surface area (Å²) in [5.41, 5.74) is 5.53. The zero-order chi connectivity index (χ0) is 8.48. The lowest BCUT2D eigenvalue weighted by molar-refractivity contribution is 0.395. The fraction of sp³-hybridized carbons (Fsp3) is 1.00. The Kier molecular flexibility index (Phi) is 2.51. The van der Waals surface area contributed by atoms with Crippen molar-refractivity contribution in [3.05, 3.63) is 0 Å². The van der Waals surface area contributed by atoms with E-state index in [-0.39, 0.29) is 6.04 Å². The van der Waals surface area contributed by atoms with Crippen LogP contribution in [0.15, 0.2) is 0 Å². The Balaban J connectivity index is 2.70. The van der Waals surface area contributed by atoms with E-state index in [0.29, 0.717) is 12.8 Å². The van der Waals surface area contributed by atoms with Crippen molar-refractivity contribution in [2.24, 2.45) is 5.73 Å². The SMILES string of the molecule is N[C@H]1CCCC[C@@H]1S(=O)(=O)O. The smallest absolute Gasteiger partial charge is 0.269 e. The van der Waals surface area contributed by atoms with E-state index in [1.54, 1.807) is 0 Å². The van der Waals surface area contributed by atoms with Crippen molar-refractivity contribution in [2.75, 3.05) is 0 Å². The summed E-state index contributed by atoms with van der Waals surface area (Å²) in [5, 5.41) is -0.726. The van der Waals surface area contributed by atoms with E-state index in [9.17, 15) is 8.42 Å². The zero-order valence-corrected chi connectivity index (χ0v) is 7.05. The first-order valence-corrected chi connectivity index (χ1v) is 5.24. The Hall–Kier alpha value is -0.130. The summed E-state index contributed by atoms with van der Waals surface area (Å²) < 4.78 is 30.0. The van der Waals surface area contributed by atoms with Crippen molar-refractivity contribution < 1.29 is 13.0 Å². The van der Waals surface area contributed by atoms with Gasteiger partial charge in [0.25, 0.3) is 10.1 Å². The van der Waals surface area contributed by atoms with Crippen molar-refractivity contribution in [2.45, 2.75) is 37.0 Å². The topological polar surface area (TPSA) is 80.4 Å². The fourth-order valence-corrected chi connectivity index (χ4v) is 2.54. The van der Waals surface area contributed by atoms with Crippen LogP contribution in [-0.4, -0.2) is 24.3 Å². The van der Waals surface area contributed by atoms with E-state index in [1.807, 2.05) is 0 Å². The molecule has 5 heteroatoms. The maximum Gasteiger partial charge on any atom is 0.269 e. The minimum Gasteiger partial charge on any atom is -0.326 e. The van der Waals surface area contributed by atoms with Crippen LogP contribution in [-0.2, 0) is 10.1 Å². The third kappa shape index (κ3) is 2.15. The third-order valence-corrected chi connectivity index (χ3v) is 3.49. The summed E-state index contributed by atoms with van der Waals surface area (Å²) in [7, 11) is -3.90. The third-order valence-electron chi connectivity index (χ3n) is 2.14. The molecular formula is C6H13NO3S. The average molecular weight is 179 g/mol. The molecule has 0 aromatic rings. The van der Waals surface area contributed by atoms with Crippen LogP contribution in [0, 0.1) is 0 Å². The van der Waals surface area contributed by atoms with Gasteiger partial charge in [0.15, 0.2) is 0 Å². The molecule has 4 nitrogen and oxygen atoms in total. The Morgan fingerprint density at radius 3 is 2.18 bits per heavy atom. The minimum absolute atomic E-state index is 0.376. The minimum atomic E-state index is -3.90. The molecule has 3 N–H and O–H groups in total. The molecule has 0 radical (unpaired) electrons. The molecule has 1 fully saturated rings. The fourth-order valence-electron chi connectivity index (χ4n) is 1.50. The van der Waals surface area contributed by atoms with Gasteiger partial charge in [0.05, 0.1) is 0 Å². The predicted molar refractivity (Wildman–Crippen MR) is 41.8 cm³/mol. The second-order valence-corrected chi connectivity index (χ2v) is 4.64. The first kappa shape index (κ1) is 8.96. The van der Waals surface area contributed by atoms with Gasteiger partial charge in [-0.15, -0.1) is 0 Å². The van der Waals surface area contributed by atoms with Gasteiger partial charge in [0.1, 0.15) is 5.25 Å². The van der Waals surface area contributed by atoms with Crippen molar-refractivity contribution in [1.82, 2.24) is 0 Å². The molecule has 0 aromatic heterocycles. The quantitative estimate of drug-likeness (QED) is 0.561. The van der Waals surface area contributed by atoms with Crippen LogP contribution in [0.5, 0.6) is 0 Å². The molecule has 0 aromatic carbocycles. The molecule has 0 bridgehead atoms. The highest BCUT2D eigenvalue weighted by Gasteiger charge is 2.31. The molecule has 0 spiro atoms. The first-order valence-electron chi connectivity index (χ1n) is 3.73. The molecule has 0 heterocycles. The monoisotopic (exact) mass is 179 g/mol. The van der Waals surface area contributed by atoms with Crippen molar-refractivity contribution in [1.29, 1.82) is 0 Å². The highest BCUT2D eigenvalue weighted by Crippen LogP contribution is 2.21. The Bertz CT molecular complexity index is 224. The summed E-state index contributed by atoms with van der Waals surface area (Å²) in [6.07, 6.45) is 3.01. The predicted octanol–water partition coefficient (Wildman–Crippen LogP) is 0.144. The molecule has 1 rings (SSSR count). The first-order chi connectivity index (χ1) is 5.02. The molecule has 2 atom stereocenters. The average Bonchev–Trinajstić information content (AvgIpc) is 1.86. The lowest BCUT2D eigenvalue weighted by Crippen LogP contribution is -2.42. The highest BCUT2D eigenvalue weighted by atomic mass is 32.2. The van der Waals surface area contributed by atoms with Crippen LogP contribution in [0.1, 0.15) is 25.7 Å². The van der Waals surface area contributed by atoms with Gasteiger partial charge >= 0.3 is 0 Å². The maximum absolute atomic E-state index is 10.7. The second-order valence-electron chi connectivity index (χ2n) is 3.00. The van der Waals surface area contributed by atoms with Crippen molar-refractivity contribution >= 4 is 10.1 Å². The van der Waals surface area contributed by atoms with Crippen molar-refractivity contribution in [3.63, 3.8) is 0 Å². The van der Waals surface area contributed by atoms with Crippen LogP contribution >= 0.6 is 0 Å². The highest BCUT2D eigenvalue weighted by molar-refractivity contribution is 7.86. The van der Waals surface area contributed by atoms with Crippen LogP contribution < -0.4 is 5.73 Å². The maximum atomic E-state index is 10.7. The van der Waals surface area contributed by atoms with E-state index in [0.717, 1.165) is 12.8 Å². The van der Waals surface area contributed by atoms with Gasteiger partial charge in [0, 0.05) is 6.04 Å². The largest absolute Gasteiger partial charge is 0.326 e. The molecule has 1 saturated carbocycles. The van der Waals surface area contributed by atoms with Gasteiger partial charge < -0.3 is 5.73 Å². The van der Waals surface area contributed by atoms with Crippen LogP contribution in [0.25, 0.3) is 0 Å². The summed E-state index contributed by atoms with van der Waals surface area (Å²) in [5.74, 6) is 0. The summed E-state index contributed by atoms with van der Waals surface area (Å²) in [6, 6.07) is -0.376. The van der Waals surface area contributed by atoms with Gasteiger partial charge in [-0.2, -0.15) is 8.42 Å². The van der Waals surface area contributed by atoms with Gasteiger partial charge in [-0.3, -0.25) is 4.55 Å². The van der Waals surface area contributed by atoms with E-state index in [1.165, 1.54) is 0 Å². The van der Waals surface area contributed by atoms with Gasteiger partial charge in [-0.1, -0.05) is 12.8 Å². The molecule has 0 unspecified atom stereocenters. The van der Waals surface area contributed by atoms with E-state index in [2.05, 4.69) is 0 Å². The Labute approximate surface area is 66.5 Å². The molecule has 0 aliphatic heterocycles. The standard InChI is InChI=1S/C6H13NO3S/c7-5-3-1-2-4-6(5)11(8,9)10/h5-6H,1-4,7H2,(H,8,9,10)/t5-,6-/m0/s1. The van der Waals surface area contributed by atoms with Crippen LogP contribution in [0.3, 0.4) is 0 Å². The summed E-state index contributed by atoms with van der Waals surface area (Å²) >= 11 is 0. The lowest BCUT2D eigenvalue weighted by Gasteiger charge is -2.25. The molecule has 0 saturated heterocycles. The number of hydrogen-bond acceptors (Lipinski definition) is 3. The zero-order valence-electron chi connectivity index (χ0n) is 6.23.